The fraction of sp³-hybridized carbons (Fsp3) is 0.769. The molecule has 0 radical (unpaired) electrons. The Kier molecular flexibility index (Phi) is 8.91. The highest BCUT2D eigenvalue weighted by Gasteiger charge is 2.05. The third-order valence-corrected chi connectivity index (χ3v) is 2.40. The number of ether oxygens (including phenoxy) is 1. The Morgan fingerprint density at radius 3 is 2.50 bits per heavy atom. The molecule has 0 saturated carbocycles. The highest BCUT2D eigenvalue weighted by molar-refractivity contribution is 5.86. The van der Waals surface area contributed by atoms with Crippen molar-refractivity contribution in [3.63, 3.8) is 0 Å². The number of hydrogen-bond acceptors (Lipinski definition) is 3. The molecule has 1 unspecified atom stereocenters. The summed E-state index contributed by atoms with van der Waals surface area (Å²) in [6.45, 7) is 7.64. The lowest BCUT2D eigenvalue weighted by atomic mass is 10.1. The van der Waals surface area contributed by atoms with Crippen molar-refractivity contribution >= 4 is 5.97 Å². The molecule has 0 aromatic rings. The lowest BCUT2D eigenvalue weighted by Gasteiger charge is -2.10. The van der Waals surface area contributed by atoms with E-state index in [1.165, 1.54) is 12.8 Å². The zero-order valence-corrected chi connectivity index (χ0v) is 10.5. The number of unbranched alkanes of at least 4 members (excludes halogenated alkanes) is 2. The van der Waals surface area contributed by atoms with Gasteiger partial charge in [0.05, 0.1) is 12.7 Å². The number of aliphatic hydroxyl groups excluding tert-OH is 1. The summed E-state index contributed by atoms with van der Waals surface area (Å²) in [5.74, 6) is -0.347. The van der Waals surface area contributed by atoms with Gasteiger partial charge < -0.3 is 9.84 Å². The second-order valence-corrected chi connectivity index (χ2v) is 4.21. The number of esters is 1. The van der Waals surface area contributed by atoms with Crippen LogP contribution in [0.3, 0.4) is 0 Å². The molecule has 0 rings (SSSR count). The third kappa shape index (κ3) is 8.48. The monoisotopic (exact) mass is 228 g/mol. The van der Waals surface area contributed by atoms with Crippen LogP contribution in [0.4, 0.5) is 0 Å². The van der Waals surface area contributed by atoms with Gasteiger partial charge in [0.1, 0.15) is 0 Å². The molecule has 0 amide bonds. The van der Waals surface area contributed by atoms with E-state index in [9.17, 15) is 9.90 Å². The summed E-state index contributed by atoms with van der Waals surface area (Å²) in [5.41, 5.74) is 0.420. The minimum Gasteiger partial charge on any atom is -0.462 e. The van der Waals surface area contributed by atoms with Crippen LogP contribution in [0.15, 0.2) is 12.2 Å². The molecule has 1 atom stereocenters. The van der Waals surface area contributed by atoms with E-state index in [2.05, 4.69) is 13.5 Å². The van der Waals surface area contributed by atoms with E-state index < -0.39 is 0 Å². The average Bonchev–Trinajstić information content (AvgIpc) is 2.24. The van der Waals surface area contributed by atoms with Crippen LogP contribution in [0.25, 0.3) is 0 Å². The minimum absolute atomic E-state index is 0.255. The fourth-order valence-corrected chi connectivity index (χ4v) is 1.38. The molecule has 0 aliphatic rings. The zero-order valence-electron chi connectivity index (χ0n) is 10.5. The summed E-state index contributed by atoms with van der Waals surface area (Å²) in [5, 5.41) is 9.59. The molecule has 16 heavy (non-hydrogen) atoms. The maximum atomic E-state index is 11.0. The van der Waals surface area contributed by atoms with Gasteiger partial charge in [-0.1, -0.05) is 32.8 Å². The maximum absolute atomic E-state index is 11.0. The van der Waals surface area contributed by atoms with Crippen molar-refractivity contribution in [2.45, 2.75) is 58.5 Å². The molecule has 3 heteroatoms. The molecule has 0 fully saturated rings. The van der Waals surface area contributed by atoms with Crippen molar-refractivity contribution in [1.29, 1.82) is 0 Å². The first-order chi connectivity index (χ1) is 7.57. The van der Waals surface area contributed by atoms with Crippen molar-refractivity contribution < 1.29 is 14.6 Å². The molecule has 0 aliphatic heterocycles. The van der Waals surface area contributed by atoms with Crippen LogP contribution in [0.1, 0.15) is 52.4 Å². The number of aliphatic hydroxyl groups is 1. The molecule has 0 aliphatic carbocycles. The molecule has 0 bridgehead atoms. The van der Waals surface area contributed by atoms with E-state index in [0.29, 0.717) is 25.0 Å². The van der Waals surface area contributed by atoms with Crippen LogP contribution in [0.5, 0.6) is 0 Å². The molecule has 0 saturated heterocycles. The zero-order chi connectivity index (χ0) is 12.4. The van der Waals surface area contributed by atoms with Crippen LogP contribution in [-0.2, 0) is 9.53 Å². The fourth-order valence-electron chi connectivity index (χ4n) is 1.38. The van der Waals surface area contributed by atoms with Gasteiger partial charge in [0.25, 0.3) is 0 Å². The molecule has 0 spiro atoms. The largest absolute Gasteiger partial charge is 0.462 e. The van der Waals surface area contributed by atoms with Crippen LogP contribution in [0.2, 0.25) is 0 Å². The highest BCUT2D eigenvalue weighted by atomic mass is 16.5. The van der Waals surface area contributed by atoms with Gasteiger partial charge in [0.15, 0.2) is 0 Å². The Morgan fingerprint density at radius 1 is 1.31 bits per heavy atom. The summed E-state index contributed by atoms with van der Waals surface area (Å²) < 4.78 is 4.93. The average molecular weight is 228 g/mol. The molecule has 0 heterocycles. The predicted molar refractivity (Wildman–Crippen MR) is 65.2 cm³/mol. The lowest BCUT2D eigenvalue weighted by Crippen LogP contribution is -2.10. The molecular formula is C13H24O3. The number of rotatable bonds is 9. The Morgan fingerprint density at radius 2 is 1.94 bits per heavy atom. The van der Waals surface area contributed by atoms with Crippen LogP contribution < -0.4 is 0 Å². The smallest absolute Gasteiger partial charge is 0.333 e. The van der Waals surface area contributed by atoms with Crippen LogP contribution in [-0.4, -0.2) is 23.8 Å². The van der Waals surface area contributed by atoms with E-state index >= 15 is 0 Å². The molecule has 94 valence electrons. The first kappa shape index (κ1) is 15.2. The van der Waals surface area contributed by atoms with Crippen LogP contribution >= 0.6 is 0 Å². The Balaban J connectivity index is 3.37. The van der Waals surface area contributed by atoms with Gasteiger partial charge in [-0.15, -0.1) is 0 Å². The molecule has 1 N–H and O–H groups in total. The summed E-state index contributed by atoms with van der Waals surface area (Å²) >= 11 is 0. The summed E-state index contributed by atoms with van der Waals surface area (Å²) in [7, 11) is 0. The normalized spacial score (nSPS) is 12.2. The van der Waals surface area contributed by atoms with Crippen LogP contribution in [0, 0.1) is 0 Å². The Labute approximate surface area is 98.5 Å². The van der Waals surface area contributed by atoms with E-state index in [1.807, 2.05) is 0 Å². The molecular weight excluding hydrogens is 204 g/mol. The number of carbonyl (C=O) groups excluding carboxylic acids is 1. The molecule has 0 aromatic heterocycles. The molecule has 0 aromatic carbocycles. The molecule has 3 nitrogen and oxygen atoms in total. The van der Waals surface area contributed by atoms with Gasteiger partial charge in [-0.05, 0) is 26.2 Å². The quantitative estimate of drug-likeness (QED) is 0.375. The van der Waals surface area contributed by atoms with E-state index in [-0.39, 0.29) is 12.1 Å². The first-order valence-electron chi connectivity index (χ1n) is 6.08. The second-order valence-electron chi connectivity index (χ2n) is 4.21. The van der Waals surface area contributed by atoms with Crippen molar-refractivity contribution in [2.24, 2.45) is 0 Å². The predicted octanol–water partition coefficient (Wildman–Crippen LogP) is 2.83. The summed E-state index contributed by atoms with van der Waals surface area (Å²) in [6, 6.07) is 0. The Hall–Kier alpha value is -0.830. The SMILES string of the molecule is C=C(C)C(=O)OCCCC(O)CCCCC. The summed E-state index contributed by atoms with van der Waals surface area (Å²) in [4.78, 5) is 11.0. The number of carbonyl (C=O) groups is 1. The third-order valence-electron chi connectivity index (χ3n) is 2.40. The van der Waals surface area contributed by atoms with Gasteiger partial charge in [-0.2, -0.15) is 0 Å². The van der Waals surface area contributed by atoms with Gasteiger partial charge >= 0.3 is 5.97 Å². The van der Waals surface area contributed by atoms with E-state index in [4.69, 9.17) is 4.74 Å². The highest BCUT2D eigenvalue weighted by Crippen LogP contribution is 2.08. The van der Waals surface area contributed by atoms with Gasteiger partial charge in [0.2, 0.25) is 0 Å². The van der Waals surface area contributed by atoms with Crippen molar-refractivity contribution in [2.75, 3.05) is 6.61 Å². The second kappa shape index (κ2) is 9.40. The van der Waals surface area contributed by atoms with Gasteiger partial charge in [0, 0.05) is 5.57 Å². The minimum atomic E-state index is -0.347. The number of hydrogen-bond donors (Lipinski definition) is 1. The van der Waals surface area contributed by atoms with Crippen molar-refractivity contribution in [1.82, 2.24) is 0 Å². The lowest BCUT2D eigenvalue weighted by molar-refractivity contribution is -0.139. The van der Waals surface area contributed by atoms with E-state index in [1.54, 1.807) is 6.92 Å². The van der Waals surface area contributed by atoms with Crippen molar-refractivity contribution in [3.8, 4) is 0 Å². The van der Waals surface area contributed by atoms with Gasteiger partial charge in [-0.3, -0.25) is 0 Å². The Bertz CT molecular complexity index is 211. The topological polar surface area (TPSA) is 46.5 Å². The first-order valence-corrected chi connectivity index (χ1v) is 6.08. The van der Waals surface area contributed by atoms with Gasteiger partial charge in [-0.25, -0.2) is 4.79 Å². The van der Waals surface area contributed by atoms with Crippen molar-refractivity contribution in [3.05, 3.63) is 12.2 Å². The van der Waals surface area contributed by atoms with E-state index in [0.717, 1.165) is 12.8 Å². The maximum Gasteiger partial charge on any atom is 0.333 e. The standard InChI is InChI=1S/C13H24O3/c1-4-5-6-8-12(14)9-7-10-16-13(15)11(2)3/h12,14H,2,4-10H2,1,3H3. The summed E-state index contributed by atoms with van der Waals surface area (Å²) in [6.07, 6.45) is 5.42.